The quantitative estimate of drug-likeness (QED) is 0.744. The molecule has 1 aromatic heterocycles. The van der Waals surface area contributed by atoms with Gasteiger partial charge < -0.3 is 15.4 Å². The second-order valence-corrected chi connectivity index (χ2v) is 5.26. The average molecular weight is 318 g/mol. The fraction of sp³-hybridized carbons (Fsp3) is 0.125. The standard InChI is InChI=1S/C16H12F2N2O3/c1-6-11(19-7(2)12(6)16(22)23)5-8-13-10(20-15(8)21)4-3-9(17)14(13)18/h3-5,19H,1-2H3,(H,20,21)(H,22,23)/b8-5-. The summed E-state index contributed by atoms with van der Waals surface area (Å²) in [5.74, 6) is -3.86. The molecular weight excluding hydrogens is 306 g/mol. The van der Waals surface area contributed by atoms with E-state index < -0.39 is 23.5 Å². The zero-order valence-electron chi connectivity index (χ0n) is 12.3. The number of carbonyl (C=O) groups excluding carboxylic acids is 1. The van der Waals surface area contributed by atoms with Gasteiger partial charge in [-0.25, -0.2) is 13.6 Å². The molecule has 1 aromatic carbocycles. The first kappa shape index (κ1) is 15.0. The fourth-order valence-electron chi connectivity index (χ4n) is 2.74. The first-order valence-corrected chi connectivity index (χ1v) is 6.75. The van der Waals surface area contributed by atoms with Crippen LogP contribution in [0.2, 0.25) is 0 Å². The van der Waals surface area contributed by atoms with Crippen LogP contribution in [0.1, 0.15) is 32.9 Å². The lowest BCUT2D eigenvalue weighted by molar-refractivity contribution is -0.110. The maximum atomic E-state index is 14.0. The van der Waals surface area contributed by atoms with Gasteiger partial charge in [0.2, 0.25) is 0 Å². The molecule has 23 heavy (non-hydrogen) atoms. The number of carboxylic acid groups (broad SMARTS) is 1. The summed E-state index contributed by atoms with van der Waals surface area (Å²) in [4.78, 5) is 26.1. The highest BCUT2D eigenvalue weighted by Crippen LogP contribution is 2.36. The lowest BCUT2D eigenvalue weighted by Gasteiger charge is -2.02. The van der Waals surface area contributed by atoms with E-state index in [0.717, 1.165) is 6.07 Å². The molecule has 2 heterocycles. The summed E-state index contributed by atoms with van der Waals surface area (Å²) in [5.41, 5.74) is 1.26. The van der Waals surface area contributed by atoms with Gasteiger partial charge in [0.25, 0.3) is 5.91 Å². The van der Waals surface area contributed by atoms with Gasteiger partial charge in [-0.1, -0.05) is 0 Å². The van der Waals surface area contributed by atoms with Crippen LogP contribution in [0, 0.1) is 25.5 Å². The van der Waals surface area contributed by atoms with E-state index in [1.807, 2.05) is 0 Å². The normalized spacial score (nSPS) is 15.0. The van der Waals surface area contributed by atoms with Crippen molar-refractivity contribution in [1.82, 2.24) is 4.98 Å². The molecule has 0 saturated carbocycles. The maximum absolute atomic E-state index is 14.0. The number of rotatable bonds is 2. The van der Waals surface area contributed by atoms with Crippen LogP contribution in [0.15, 0.2) is 12.1 Å². The van der Waals surface area contributed by atoms with Crippen LogP contribution >= 0.6 is 0 Å². The number of hydrogen-bond donors (Lipinski definition) is 3. The zero-order valence-corrected chi connectivity index (χ0v) is 12.3. The molecule has 0 aliphatic carbocycles. The van der Waals surface area contributed by atoms with E-state index in [1.165, 1.54) is 12.1 Å². The predicted octanol–water partition coefficient (Wildman–Crippen LogP) is 3.10. The molecule has 0 atom stereocenters. The Balaban J connectivity index is 2.20. The Morgan fingerprint density at radius 3 is 2.57 bits per heavy atom. The van der Waals surface area contributed by atoms with Gasteiger partial charge in [-0.05, 0) is 37.6 Å². The van der Waals surface area contributed by atoms with Crippen LogP contribution in [0.25, 0.3) is 11.6 Å². The van der Waals surface area contributed by atoms with Crippen molar-refractivity contribution in [1.29, 1.82) is 0 Å². The van der Waals surface area contributed by atoms with Gasteiger partial charge in [0.1, 0.15) is 0 Å². The van der Waals surface area contributed by atoms with Gasteiger partial charge in [-0.15, -0.1) is 0 Å². The van der Waals surface area contributed by atoms with Gasteiger partial charge in [-0.2, -0.15) is 0 Å². The van der Waals surface area contributed by atoms with Crippen LogP contribution in [0.5, 0.6) is 0 Å². The topological polar surface area (TPSA) is 82.2 Å². The molecule has 1 aliphatic heterocycles. The Morgan fingerprint density at radius 2 is 1.96 bits per heavy atom. The molecule has 0 radical (unpaired) electrons. The summed E-state index contributed by atoms with van der Waals surface area (Å²) >= 11 is 0. The third-order valence-corrected chi connectivity index (χ3v) is 3.84. The van der Waals surface area contributed by atoms with Crippen molar-refractivity contribution in [2.24, 2.45) is 0 Å². The van der Waals surface area contributed by atoms with E-state index in [-0.39, 0.29) is 22.4 Å². The molecule has 3 N–H and O–H groups in total. The van der Waals surface area contributed by atoms with Crippen molar-refractivity contribution < 1.29 is 23.5 Å². The van der Waals surface area contributed by atoms with E-state index in [1.54, 1.807) is 13.8 Å². The summed E-state index contributed by atoms with van der Waals surface area (Å²) in [6.45, 7) is 3.16. The molecule has 0 unspecified atom stereocenters. The largest absolute Gasteiger partial charge is 0.478 e. The van der Waals surface area contributed by atoms with Crippen LogP contribution in [-0.2, 0) is 4.79 Å². The number of anilines is 1. The first-order valence-electron chi connectivity index (χ1n) is 6.75. The van der Waals surface area contributed by atoms with Gasteiger partial charge >= 0.3 is 5.97 Å². The number of halogens is 2. The number of H-pyrrole nitrogens is 1. The zero-order chi connectivity index (χ0) is 16.9. The Bertz CT molecular complexity index is 897. The molecule has 3 rings (SSSR count). The van der Waals surface area contributed by atoms with Gasteiger partial charge in [0, 0.05) is 17.0 Å². The maximum Gasteiger partial charge on any atom is 0.337 e. The highest BCUT2D eigenvalue weighted by molar-refractivity contribution is 6.35. The van der Waals surface area contributed by atoms with E-state index in [4.69, 9.17) is 0 Å². The number of aromatic amines is 1. The van der Waals surface area contributed by atoms with Gasteiger partial charge in [0.15, 0.2) is 11.6 Å². The van der Waals surface area contributed by atoms with E-state index in [9.17, 15) is 23.5 Å². The summed E-state index contributed by atoms with van der Waals surface area (Å²) in [7, 11) is 0. The molecule has 0 fully saturated rings. The number of fused-ring (bicyclic) bond motifs is 1. The van der Waals surface area contributed by atoms with Crippen molar-refractivity contribution in [2.75, 3.05) is 5.32 Å². The van der Waals surface area contributed by atoms with Crippen LogP contribution in [-0.4, -0.2) is 22.0 Å². The number of benzene rings is 1. The number of carboxylic acids is 1. The lowest BCUT2D eigenvalue weighted by atomic mass is 10.0. The average Bonchev–Trinajstić information content (AvgIpc) is 2.93. The summed E-state index contributed by atoms with van der Waals surface area (Å²) in [5, 5.41) is 11.6. The Hall–Kier alpha value is -2.96. The molecule has 5 nitrogen and oxygen atoms in total. The molecule has 1 aliphatic rings. The molecule has 2 aromatic rings. The molecule has 118 valence electrons. The molecular formula is C16H12F2N2O3. The minimum Gasteiger partial charge on any atom is -0.478 e. The van der Waals surface area contributed by atoms with Crippen molar-refractivity contribution in [3.05, 3.63) is 51.8 Å². The second-order valence-electron chi connectivity index (χ2n) is 5.26. The van der Waals surface area contributed by atoms with E-state index >= 15 is 0 Å². The third kappa shape index (κ3) is 2.21. The second kappa shape index (κ2) is 5.05. The summed E-state index contributed by atoms with van der Waals surface area (Å²) < 4.78 is 27.5. The van der Waals surface area contributed by atoms with Crippen LogP contribution in [0.3, 0.4) is 0 Å². The number of hydrogen-bond acceptors (Lipinski definition) is 2. The van der Waals surface area contributed by atoms with Crippen molar-refractivity contribution in [3.63, 3.8) is 0 Å². The number of aromatic carboxylic acids is 1. The molecule has 1 amide bonds. The van der Waals surface area contributed by atoms with Crippen molar-refractivity contribution >= 4 is 29.2 Å². The van der Waals surface area contributed by atoms with E-state index in [0.29, 0.717) is 17.0 Å². The minimum absolute atomic E-state index is 0.0571. The summed E-state index contributed by atoms with van der Waals surface area (Å²) in [6, 6.07) is 2.21. The number of aryl methyl sites for hydroxylation is 1. The van der Waals surface area contributed by atoms with Gasteiger partial charge in [-0.3, -0.25) is 4.79 Å². The Kier molecular flexibility index (Phi) is 3.28. The number of carbonyl (C=O) groups is 2. The molecule has 7 heteroatoms. The third-order valence-electron chi connectivity index (χ3n) is 3.84. The Labute approximate surface area is 129 Å². The fourth-order valence-corrected chi connectivity index (χ4v) is 2.74. The van der Waals surface area contributed by atoms with Crippen LogP contribution in [0.4, 0.5) is 14.5 Å². The van der Waals surface area contributed by atoms with E-state index in [2.05, 4.69) is 10.3 Å². The minimum atomic E-state index is -1.12. The smallest absolute Gasteiger partial charge is 0.337 e. The first-order chi connectivity index (χ1) is 10.8. The SMILES string of the molecule is Cc1[nH]c(/C=C2\C(=O)Nc3ccc(F)c(F)c32)c(C)c1C(=O)O. The highest BCUT2D eigenvalue weighted by atomic mass is 19.2. The summed E-state index contributed by atoms with van der Waals surface area (Å²) in [6.07, 6.45) is 1.33. The van der Waals surface area contributed by atoms with Crippen LogP contribution < -0.4 is 5.32 Å². The number of nitrogens with one attached hydrogen (secondary N) is 2. The van der Waals surface area contributed by atoms with Gasteiger partial charge in [0.05, 0.1) is 16.8 Å². The van der Waals surface area contributed by atoms with Crippen molar-refractivity contribution in [2.45, 2.75) is 13.8 Å². The number of aromatic nitrogens is 1. The molecule has 0 spiro atoms. The molecule has 0 saturated heterocycles. The lowest BCUT2D eigenvalue weighted by Crippen LogP contribution is -2.04. The Morgan fingerprint density at radius 1 is 1.26 bits per heavy atom. The number of amides is 1. The molecule has 0 bridgehead atoms. The monoisotopic (exact) mass is 318 g/mol. The predicted molar refractivity (Wildman–Crippen MR) is 80.1 cm³/mol. The van der Waals surface area contributed by atoms with Crippen molar-refractivity contribution in [3.8, 4) is 0 Å². The highest BCUT2D eigenvalue weighted by Gasteiger charge is 2.30.